The first-order valence-electron chi connectivity index (χ1n) is 10.3. The van der Waals surface area contributed by atoms with Crippen molar-refractivity contribution in [2.45, 2.75) is 51.2 Å². The summed E-state index contributed by atoms with van der Waals surface area (Å²) in [6, 6.07) is 6.12. The second-order valence-corrected chi connectivity index (χ2v) is 7.64. The van der Waals surface area contributed by atoms with Crippen molar-refractivity contribution >= 4 is 48.0 Å². The lowest BCUT2D eigenvalue weighted by atomic mass is 10.1. The lowest BCUT2D eigenvalue weighted by molar-refractivity contribution is -0.136. The number of rotatable bonds is 7. The van der Waals surface area contributed by atoms with Gasteiger partial charge in [-0.05, 0) is 50.9 Å². The van der Waals surface area contributed by atoms with E-state index in [1.807, 2.05) is 13.1 Å². The number of hydrogen-bond acceptors (Lipinski definition) is 6. The number of nitrogens with one attached hydrogen (secondary N) is 2. The van der Waals surface area contributed by atoms with Crippen LogP contribution in [0.1, 0.15) is 43.9 Å². The molecule has 11 heteroatoms. The molecule has 0 saturated carbocycles. The topological polar surface area (TPSA) is 79.1 Å². The summed E-state index contributed by atoms with van der Waals surface area (Å²) in [5, 5.41) is 6.26. The summed E-state index contributed by atoms with van der Waals surface area (Å²) in [5.41, 5.74) is 5.45. The quantitative estimate of drug-likeness (QED) is 0.459. The molecule has 6 nitrogen and oxygen atoms in total. The smallest absolute Gasteiger partial charge is 0.398 e. The molecular weight excluding hydrogens is 464 g/mol. The van der Waals surface area contributed by atoms with E-state index in [1.165, 1.54) is 12.1 Å². The third-order valence-corrected chi connectivity index (χ3v) is 5.32. The summed E-state index contributed by atoms with van der Waals surface area (Å²) in [6.45, 7) is 3.83. The zero-order valence-electron chi connectivity index (χ0n) is 18.2. The average Bonchev–Trinajstić information content (AvgIpc) is 2.72. The van der Waals surface area contributed by atoms with Crippen LogP contribution >= 0.6 is 24.8 Å². The molecule has 1 saturated heterocycles. The Kier molecular flexibility index (Phi) is 10.8. The third kappa shape index (κ3) is 7.28. The van der Waals surface area contributed by atoms with Crippen molar-refractivity contribution in [1.29, 1.82) is 0 Å². The van der Waals surface area contributed by atoms with Crippen LogP contribution in [0.2, 0.25) is 0 Å². The lowest BCUT2D eigenvalue weighted by Gasteiger charge is -2.33. The fourth-order valence-corrected chi connectivity index (χ4v) is 3.62. The number of hydrogen-bond donors (Lipinski definition) is 3. The van der Waals surface area contributed by atoms with Gasteiger partial charge in [-0.2, -0.15) is 18.2 Å². The van der Waals surface area contributed by atoms with Crippen LogP contribution in [0.3, 0.4) is 0 Å². The Balaban J connectivity index is 0.00000256. The van der Waals surface area contributed by atoms with Crippen LogP contribution in [0.25, 0.3) is 0 Å². The van der Waals surface area contributed by atoms with E-state index < -0.39 is 11.7 Å². The van der Waals surface area contributed by atoms with Crippen LogP contribution < -0.4 is 21.3 Å². The van der Waals surface area contributed by atoms with Gasteiger partial charge in [0.05, 0.1) is 5.56 Å². The number of nitrogens with two attached hydrogens (primary N) is 1. The second kappa shape index (κ2) is 12.3. The highest BCUT2D eigenvalue weighted by molar-refractivity contribution is 5.85. The van der Waals surface area contributed by atoms with Gasteiger partial charge in [-0.25, -0.2) is 4.98 Å². The Bertz CT molecular complexity index is 866. The van der Waals surface area contributed by atoms with Crippen molar-refractivity contribution in [3.05, 3.63) is 35.5 Å². The SMILES string of the molecule is CCCCc1cc(N2CCC[C@@H](NC)C2)nc(Nc2ccc(N)c(C(F)(F)F)c2)n1.Cl.Cl. The van der Waals surface area contributed by atoms with Crippen molar-refractivity contribution in [3.8, 4) is 0 Å². The normalized spacial score (nSPS) is 16.2. The van der Waals surface area contributed by atoms with E-state index in [0.29, 0.717) is 12.0 Å². The molecule has 180 valence electrons. The highest BCUT2D eigenvalue weighted by atomic mass is 35.5. The van der Waals surface area contributed by atoms with Crippen molar-refractivity contribution < 1.29 is 13.2 Å². The summed E-state index contributed by atoms with van der Waals surface area (Å²) in [6.07, 6.45) is 0.439. The summed E-state index contributed by atoms with van der Waals surface area (Å²) in [5.74, 6) is 1.09. The monoisotopic (exact) mass is 494 g/mol. The van der Waals surface area contributed by atoms with Gasteiger partial charge < -0.3 is 21.3 Å². The van der Waals surface area contributed by atoms with Gasteiger partial charge in [0.1, 0.15) is 5.82 Å². The number of anilines is 4. The van der Waals surface area contributed by atoms with Gasteiger partial charge in [-0.3, -0.25) is 0 Å². The van der Waals surface area contributed by atoms with E-state index in [2.05, 4.69) is 32.4 Å². The van der Waals surface area contributed by atoms with E-state index in [1.54, 1.807) is 0 Å². The van der Waals surface area contributed by atoms with Crippen LogP contribution in [-0.4, -0.2) is 36.1 Å². The number of piperidine rings is 1. The molecule has 1 aliphatic rings. The van der Waals surface area contributed by atoms with Crippen LogP contribution in [0.15, 0.2) is 24.3 Å². The molecule has 1 atom stereocenters. The highest BCUT2D eigenvalue weighted by Gasteiger charge is 2.33. The number of nitrogens with zero attached hydrogens (tertiary/aromatic N) is 3. The summed E-state index contributed by atoms with van der Waals surface area (Å²) in [7, 11) is 1.95. The maximum absolute atomic E-state index is 13.2. The van der Waals surface area contributed by atoms with E-state index in [4.69, 9.17) is 5.73 Å². The molecule has 0 amide bonds. The largest absolute Gasteiger partial charge is 0.418 e. The fraction of sp³-hybridized carbons (Fsp3) is 0.524. The molecule has 0 unspecified atom stereocenters. The maximum atomic E-state index is 13.2. The minimum Gasteiger partial charge on any atom is -0.398 e. The Labute approximate surface area is 199 Å². The standard InChI is InChI=1S/C21H29F3N6.2ClH/c1-3-4-6-14-12-19(30-10-5-7-16(13-30)26-2)29-20(27-14)28-15-8-9-18(25)17(11-15)21(22,23)24;;/h8-9,11-12,16,26H,3-7,10,13,25H2,1-2H3,(H,27,28,29);2*1H/t16-;;/m1../s1. The van der Waals surface area contributed by atoms with Crippen LogP contribution in [0, 0.1) is 0 Å². The van der Waals surface area contributed by atoms with Crippen LogP contribution in [-0.2, 0) is 12.6 Å². The number of aromatic nitrogens is 2. The molecule has 32 heavy (non-hydrogen) atoms. The van der Waals surface area contributed by atoms with Gasteiger partial charge >= 0.3 is 6.18 Å². The predicted octanol–water partition coefficient (Wildman–Crippen LogP) is 5.20. The summed E-state index contributed by atoms with van der Waals surface area (Å²) in [4.78, 5) is 11.3. The Morgan fingerprint density at radius 2 is 1.94 bits per heavy atom. The molecule has 0 aliphatic carbocycles. The minimum absolute atomic E-state index is 0. The molecule has 1 aromatic heterocycles. The summed E-state index contributed by atoms with van der Waals surface area (Å²) < 4.78 is 39.6. The third-order valence-electron chi connectivity index (χ3n) is 5.32. The van der Waals surface area contributed by atoms with Crippen LogP contribution in [0.4, 0.5) is 36.3 Å². The molecule has 0 bridgehead atoms. The highest BCUT2D eigenvalue weighted by Crippen LogP contribution is 2.35. The number of nitrogen functional groups attached to an aromatic ring is 1. The number of alkyl halides is 3. The van der Waals surface area contributed by atoms with Gasteiger partial charge in [0, 0.05) is 42.3 Å². The number of likely N-dealkylation sites (N-methyl/N-ethyl adjacent to an activating group) is 1. The van der Waals surface area contributed by atoms with Gasteiger partial charge in [0.25, 0.3) is 0 Å². The van der Waals surface area contributed by atoms with Gasteiger partial charge in [0.2, 0.25) is 5.95 Å². The van der Waals surface area contributed by atoms with Crippen molar-refractivity contribution in [3.63, 3.8) is 0 Å². The molecule has 2 aromatic rings. The van der Waals surface area contributed by atoms with E-state index in [9.17, 15) is 13.2 Å². The molecular formula is C21H31Cl2F3N6. The summed E-state index contributed by atoms with van der Waals surface area (Å²) >= 11 is 0. The Morgan fingerprint density at radius 3 is 2.59 bits per heavy atom. The number of benzene rings is 1. The zero-order valence-corrected chi connectivity index (χ0v) is 19.8. The predicted molar refractivity (Wildman–Crippen MR) is 129 cm³/mol. The Hall–Kier alpha value is -1.97. The lowest BCUT2D eigenvalue weighted by Crippen LogP contribution is -2.44. The molecule has 3 rings (SSSR count). The Morgan fingerprint density at radius 1 is 1.19 bits per heavy atom. The van der Waals surface area contributed by atoms with E-state index in [-0.39, 0.29) is 36.2 Å². The van der Waals surface area contributed by atoms with Crippen LogP contribution in [0.5, 0.6) is 0 Å². The molecule has 4 N–H and O–H groups in total. The minimum atomic E-state index is -4.52. The molecule has 0 spiro atoms. The van der Waals surface area contributed by atoms with Crippen molar-refractivity contribution in [2.24, 2.45) is 0 Å². The second-order valence-electron chi connectivity index (χ2n) is 7.64. The van der Waals surface area contributed by atoms with E-state index >= 15 is 0 Å². The zero-order chi connectivity index (χ0) is 21.7. The molecule has 1 aromatic carbocycles. The van der Waals surface area contributed by atoms with Crippen molar-refractivity contribution in [2.75, 3.05) is 36.1 Å². The van der Waals surface area contributed by atoms with Gasteiger partial charge in [-0.15, -0.1) is 24.8 Å². The van der Waals surface area contributed by atoms with Gasteiger partial charge in [0.15, 0.2) is 0 Å². The average molecular weight is 495 g/mol. The molecule has 0 radical (unpaired) electrons. The number of aryl methyl sites for hydroxylation is 1. The first-order chi connectivity index (χ1) is 14.3. The van der Waals surface area contributed by atoms with E-state index in [0.717, 1.165) is 62.8 Å². The number of unbranched alkanes of at least 4 members (excludes halogenated alkanes) is 1. The van der Waals surface area contributed by atoms with Crippen molar-refractivity contribution in [1.82, 2.24) is 15.3 Å². The molecule has 1 fully saturated rings. The number of halogens is 5. The first kappa shape index (κ1) is 28.1. The first-order valence-corrected chi connectivity index (χ1v) is 10.3. The maximum Gasteiger partial charge on any atom is 0.418 e. The fourth-order valence-electron chi connectivity index (χ4n) is 3.62. The van der Waals surface area contributed by atoms with Gasteiger partial charge in [-0.1, -0.05) is 13.3 Å². The molecule has 2 heterocycles. The molecule has 1 aliphatic heterocycles.